The molecule has 8 atom stereocenters. The highest BCUT2D eigenvalue weighted by Gasteiger charge is 2.64. The molecule has 1 aromatic carbocycles. The van der Waals surface area contributed by atoms with Crippen molar-refractivity contribution in [2.75, 3.05) is 117 Å². The highest BCUT2D eigenvalue weighted by molar-refractivity contribution is 8.00. The number of amides is 8. The zero-order valence-corrected chi connectivity index (χ0v) is 49.6. The Labute approximate surface area is 491 Å². The largest absolute Gasteiger partial charge is 0.495 e. The summed E-state index contributed by atoms with van der Waals surface area (Å²) in [4.78, 5) is 124. The summed E-state index contributed by atoms with van der Waals surface area (Å²) < 4.78 is 44.9. The van der Waals surface area contributed by atoms with Gasteiger partial charge in [-0.25, -0.2) is 15.5 Å². The summed E-state index contributed by atoms with van der Waals surface area (Å²) in [6, 6.07) is 2.38. The summed E-state index contributed by atoms with van der Waals surface area (Å²) in [6.45, 7) is 7.59. The van der Waals surface area contributed by atoms with Crippen molar-refractivity contribution < 1.29 is 91.0 Å². The number of likely N-dealkylation sites (N-methyl/N-ethyl adjacent to an activating group) is 1. The number of halogens is 1. The van der Waals surface area contributed by atoms with E-state index in [0.29, 0.717) is 17.9 Å². The van der Waals surface area contributed by atoms with E-state index in [4.69, 9.17) is 55.4 Å². The minimum atomic E-state index is -1.64. The van der Waals surface area contributed by atoms with Gasteiger partial charge in [-0.05, 0) is 44.9 Å². The van der Waals surface area contributed by atoms with E-state index in [-0.39, 0.29) is 134 Å². The zero-order chi connectivity index (χ0) is 60.9. The van der Waals surface area contributed by atoms with Gasteiger partial charge in [-0.3, -0.25) is 48.6 Å². The Balaban J connectivity index is 1.04. The second-order valence-electron chi connectivity index (χ2n) is 20.5. The molecule has 4 heterocycles. The highest BCUT2D eigenvalue weighted by Crippen LogP contribution is 2.49. The van der Waals surface area contributed by atoms with Crippen molar-refractivity contribution in [3.8, 4) is 5.75 Å². The molecule has 0 aromatic heterocycles. The number of esters is 1. The van der Waals surface area contributed by atoms with Crippen LogP contribution in [0.5, 0.6) is 5.75 Å². The van der Waals surface area contributed by atoms with Crippen molar-refractivity contribution in [1.29, 1.82) is 0 Å². The van der Waals surface area contributed by atoms with E-state index >= 15 is 0 Å². The molecule has 83 heavy (non-hydrogen) atoms. The maximum absolute atomic E-state index is 14.3. The quantitative estimate of drug-likeness (QED) is 0.0208. The van der Waals surface area contributed by atoms with E-state index < -0.39 is 94.9 Å². The second-order valence-corrected chi connectivity index (χ2v) is 22.2. The number of allylic oxidation sites excluding steroid dienone is 3. The fourth-order valence-corrected chi connectivity index (χ4v) is 10.7. The van der Waals surface area contributed by atoms with Gasteiger partial charge >= 0.3 is 12.1 Å². The Morgan fingerprint density at radius 3 is 2.19 bits per heavy atom. The van der Waals surface area contributed by atoms with Crippen LogP contribution in [0.2, 0.25) is 5.02 Å². The standard InChI is InChI=1S/C54H79ClN8O19S/c1-33-10-8-9-12-54(73)29-39(80-52(72)60-54)34(2)49-53(4,82-49)41(28-46(68)62(6)37-25-36(24-33)26-38(74-7)48(37)55)81-51(71)35(3)61(5)45(67)11-23-83-40-27-47(69)63(50(40)70)16-13-57-42(64)30-77-21-19-75-17-14-58-43(65)31-78-22-20-76-18-15-59-44(66)32-79-56/h8-10,25-26,34-35,39-41,49,73H,11-24,27-32,56H2,1-7H3,(H,57,64)(H,58,65)(H,59,66)(H,60,72)/b9-8+,33-10+/t34?,35-,39-,40?,41-,49-,53-,54+/m1/s1. The van der Waals surface area contributed by atoms with Crippen LogP contribution < -0.4 is 36.8 Å². The molecule has 8 amide bonds. The lowest BCUT2D eigenvalue weighted by atomic mass is 9.84. The van der Waals surface area contributed by atoms with E-state index in [1.807, 2.05) is 13.0 Å². The van der Waals surface area contributed by atoms with E-state index in [2.05, 4.69) is 26.1 Å². The molecule has 27 nitrogen and oxygen atoms in total. The lowest BCUT2D eigenvalue weighted by molar-refractivity contribution is -0.162. The number of nitrogens with two attached hydrogens (primary N) is 1. The Bertz CT molecular complexity index is 2530. The van der Waals surface area contributed by atoms with E-state index in [9.17, 15) is 48.3 Å². The number of likely N-dealkylation sites (tertiary alicyclic amines) is 1. The van der Waals surface area contributed by atoms with Crippen molar-refractivity contribution >= 4 is 82.5 Å². The van der Waals surface area contributed by atoms with Crippen LogP contribution in [-0.4, -0.2) is 222 Å². The molecule has 5 rings (SSSR count). The molecular weight excluding hydrogens is 1130 g/mol. The van der Waals surface area contributed by atoms with Gasteiger partial charge in [-0.1, -0.05) is 42.3 Å². The molecule has 0 saturated carbocycles. The average Bonchev–Trinajstić information content (AvgIpc) is 3.42. The van der Waals surface area contributed by atoms with Crippen LogP contribution in [0.4, 0.5) is 10.5 Å². The van der Waals surface area contributed by atoms with E-state index in [1.165, 1.54) is 37.9 Å². The molecule has 4 aliphatic heterocycles. The number of epoxide rings is 1. The molecule has 29 heteroatoms. The minimum Gasteiger partial charge on any atom is -0.495 e. The van der Waals surface area contributed by atoms with Gasteiger partial charge in [0.15, 0.2) is 0 Å². The number of fused-ring (bicyclic) bond motifs is 5. The number of nitrogens with one attached hydrogen (secondary N) is 4. The summed E-state index contributed by atoms with van der Waals surface area (Å²) >= 11 is 7.92. The number of carbonyl (C=O) groups excluding carboxylic acids is 9. The number of thioether (sulfide) groups is 1. The summed E-state index contributed by atoms with van der Waals surface area (Å²) in [5, 5.41) is 21.2. The lowest BCUT2D eigenvalue weighted by Gasteiger charge is -2.39. The number of alkyl carbamates (subject to hydrolysis) is 1. The maximum Gasteiger partial charge on any atom is 0.409 e. The van der Waals surface area contributed by atoms with Crippen molar-refractivity contribution in [2.24, 2.45) is 11.8 Å². The van der Waals surface area contributed by atoms with Crippen molar-refractivity contribution in [2.45, 2.75) is 107 Å². The van der Waals surface area contributed by atoms with Gasteiger partial charge in [0, 0.05) is 77.6 Å². The Kier molecular flexibility index (Phi) is 26.9. The van der Waals surface area contributed by atoms with Crippen molar-refractivity contribution in [1.82, 2.24) is 31.1 Å². The molecule has 7 N–H and O–H groups in total. The zero-order valence-electron chi connectivity index (χ0n) is 48.0. The topological polar surface area (TPSA) is 344 Å². The SMILES string of the molecule is COc1cc2cc(c1Cl)N(C)C(=O)C[C@@H](OC(=O)[C@@H](C)N(C)C(=O)CCSC1CC(=O)N(CCNC(=O)COCCOCCNC(=O)COCCOCCNC(=O)CON)C1=O)[C@@]1(C)O[C@@H]1C(C)[C@H]1C[C@@](O)(C/C=C/C=C(\C)C2)NC(=O)O1. The molecular formula is C54H79ClN8O19S. The summed E-state index contributed by atoms with van der Waals surface area (Å²) in [7, 11) is 4.43. The minimum absolute atomic E-state index is 0.00795. The number of hydrogen-bond acceptors (Lipinski definition) is 21. The predicted molar refractivity (Wildman–Crippen MR) is 299 cm³/mol. The number of anilines is 1. The molecule has 0 aliphatic carbocycles. The third-order valence-electron chi connectivity index (χ3n) is 14.2. The number of methoxy groups -OCH3 is 1. The van der Waals surface area contributed by atoms with Crippen LogP contribution in [0.1, 0.15) is 65.4 Å². The first kappa shape index (κ1) is 67.8. The van der Waals surface area contributed by atoms with Gasteiger partial charge in [0.1, 0.15) is 60.2 Å². The fraction of sp³-hybridized carbons (Fsp3) is 0.648. The number of aliphatic hydroxyl groups is 1. The molecule has 2 unspecified atom stereocenters. The van der Waals surface area contributed by atoms with Gasteiger partial charge in [-0.2, -0.15) is 0 Å². The van der Waals surface area contributed by atoms with Crippen molar-refractivity contribution in [3.05, 3.63) is 46.5 Å². The normalized spacial score (nSPS) is 25.0. The molecule has 462 valence electrons. The summed E-state index contributed by atoms with van der Waals surface area (Å²) in [5.74, 6) is 0.837. The van der Waals surface area contributed by atoms with Crippen molar-refractivity contribution in [3.63, 3.8) is 0 Å². The molecule has 0 spiro atoms. The van der Waals surface area contributed by atoms with E-state index in [1.54, 1.807) is 38.1 Å². The number of benzene rings is 1. The number of ether oxygens (including phenoxy) is 8. The first-order chi connectivity index (χ1) is 39.5. The highest BCUT2D eigenvalue weighted by atomic mass is 35.5. The van der Waals surface area contributed by atoms with Crippen LogP contribution in [0, 0.1) is 5.92 Å². The third kappa shape index (κ3) is 20.7. The van der Waals surface area contributed by atoms with E-state index in [0.717, 1.165) is 27.8 Å². The van der Waals surface area contributed by atoms with Gasteiger partial charge in [-0.15, -0.1) is 11.8 Å². The van der Waals surface area contributed by atoms with Crippen LogP contribution in [0.25, 0.3) is 0 Å². The molecule has 4 bridgehead atoms. The summed E-state index contributed by atoms with van der Waals surface area (Å²) in [5.41, 5.74) is -0.879. The molecule has 0 radical (unpaired) electrons. The number of imide groups is 1. The lowest BCUT2D eigenvalue weighted by Crippen LogP contribution is -2.57. The monoisotopic (exact) mass is 1210 g/mol. The number of rotatable bonds is 29. The summed E-state index contributed by atoms with van der Waals surface area (Å²) in [6.07, 6.45) is 1.74. The first-order valence-electron chi connectivity index (χ1n) is 27.2. The maximum atomic E-state index is 14.3. The first-order valence-corrected chi connectivity index (χ1v) is 28.6. The smallest absolute Gasteiger partial charge is 0.409 e. The van der Waals surface area contributed by atoms with Crippen LogP contribution in [-0.2, 0) is 82.8 Å². The fourth-order valence-electron chi connectivity index (χ4n) is 9.26. The van der Waals surface area contributed by atoms with Gasteiger partial charge in [0.25, 0.3) is 0 Å². The van der Waals surface area contributed by atoms with Crippen LogP contribution >= 0.6 is 23.4 Å². The molecule has 1 aromatic rings. The predicted octanol–water partition coefficient (Wildman–Crippen LogP) is 0.446. The molecule has 4 aliphatic rings. The van der Waals surface area contributed by atoms with Crippen LogP contribution in [0.3, 0.4) is 0 Å². The average molecular weight is 1210 g/mol. The second kappa shape index (κ2) is 32.9. The molecule has 3 saturated heterocycles. The van der Waals surface area contributed by atoms with Gasteiger partial charge < -0.3 is 68.8 Å². The molecule has 3 fully saturated rings. The van der Waals surface area contributed by atoms with Gasteiger partial charge in [0.2, 0.25) is 41.4 Å². The number of nitrogens with zero attached hydrogens (tertiary/aromatic N) is 3. The number of carbonyl (C=O) groups is 9. The van der Waals surface area contributed by atoms with Crippen LogP contribution in [0.15, 0.2) is 35.9 Å². The Morgan fingerprint density at radius 1 is 0.928 bits per heavy atom. The Hall–Kier alpha value is -5.95. The Morgan fingerprint density at radius 2 is 1.55 bits per heavy atom. The van der Waals surface area contributed by atoms with Gasteiger partial charge in [0.05, 0.1) is 70.2 Å². The number of hydrogen-bond donors (Lipinski definition) is 6. The third-order valence-corrected chi connectivity index (χ3v) is 15.8.